The van der Waals surface area contributed by atoms with Gasteiger partial charge in [0.1, 0.15) is 10.9 Å². The summed E-state index contributed by atoms with van der Waals surface area (Å²) >= 11 is 8.68. The number of rotatable bonds is 2. The Hall–Kier alpha value is -1.43. The van der Waals surface area contributed by atoms with Crippen LogP contribution in [0.15, 0.2) is 40.7 Å². The first-order valence-electron chi connectivity index (χ1n) is 5.83. The van der Waals surface area contributed by atoms with E-state index < -0.39 is 5.92 Å². The molecule has 0 amide bonds. The Morgan fingerprint density at radius 1 is 1.35 bits per heavy atom. The molecule has 1 atom stereocenters. The number of carbonyl (C=O) groups is 1. The highest BCUT2D eigenvalue weighted by Crippen LogP contribution is 2.41. The Balaban J connectivity index is 1.96. The zero-order chi connectivity index (χ0) is 14.1. The van der Waals surface area contributed by atoms with Gasteiger partial charge in [0.15, 0.2) is 5.78 Å². The molecule has 0 spiro atoms. The van der Waals surface area contributed by atoms with E-state index in [0.29, 0.717) is 20.0 Å². The first kappa shape index (κ1) is 13.5. The molecular formula is C14H9ClN2OS2. The molecule has 1 aromatic carbocycles. The number of thioether (sulfide) groups is 1. The number of Topliss-reactive ketones (excluding diaryl/α,β-unsaturated/α-hetero) is 1. The van der Waals surface area contributed by atoms with Crippen LogP contribution in [0.4, 0.5) is 0 Å². The van der Waals surface area contributed by atoms with Gasteiger partial charge in [-0.15, -0.1) is 11.3 Å². The van der Waals surface area contributed by atoms with E-state index in [1.54, 1.807) is 18.3 Å². The maximum Gasteiger partial charge on any atom is 0.186 e. The van der Waals surface area contributed by atoms with Gasteiger partial charge in [-0.1, -0.05) is 41.6 Å². The lowest BCUT2D eigenvalue weighted by Crippen LogP contribution is -2.11. The lowest BCUT2D eigenvalue weighted by molar-refractivity contribution is -0.114. The molecule has 0 bridgehead atoms. The highest BCUT2D eigenvalue weighted by atomic mass is 35.5. The summed E-state index contributed by atoms with van der Waals surface area (Å²) in [6, 6.07) is 7.34. The van der Waals surface area contributed by atoms with Crippen molar-refractivity contribution in [2.45, 2.75) is 5.92 Å². The number of hydrogen-bond acceptors (Lipinski definition) is 5. The normalized spacial score (nSPS) is 20.9. The lowest BCUT2D eigenvalue weighted by atomic mass is 10.1. The van der Waals surface area contributed by atoms with E-state index in [0.717, 1.165) is 5.56 Å². The predicted octanol–water partition coefficient (Wildman–Crippen LogP) is 4.21. The van der Waals surface area contributed by atoms with Crippen LogP contribution < -0.4 is 0 Å². The van der Waals surface area contributed by atoms with Crippen LogP contribution in [0, 0.1) is 5.41 Å². The van der Waals surface area contributed by atoms with Crippen molar-refractivity contribution in [2.75, 3.05) is 0 Å². The fraction of sp³-hybridized carbons (Fsp3) is 0.0714. The number of hydrogen-bond donors (Lipinski definition) is 1. The molecule has 1 aromatic heterocycles. The van der Waals surface area contributed by atoms with Gasteiger partial charge in [-0.05, 0) is 17.7 Å². The van der Waals surface area contributed by atoms with E-state index >= 15 is 0 Å². The van der Waals surface area contributed by atoms with E-state index in [-0.39, 0.29) is 5.78 Å². The maximum atomic E-state index is 12.4. The van der Waals surface area contributed by atoms with Gasteiger partial charge in [0, 0.05) is 16.6 Å². The molecule has 0 unspecified atom stereocenters. The maximum absolute atomic E-state index is 12.4. The number of benzene rings is 1. The molecule has 0 aliphatic carbocycles. The van der Waals surface area contributed by atoms with Crippen LogP contribution in [-0.2, 0) is 4.79 Å². The summed E-state index contributed by atoms with van der Waals surface area (Å²) < 4.78 is 0. The van der Waals surface area contributed by atoms with Crippen molar-refractivity contribution in [3.63, 3.8) is 0 Å². The molecule has 1 N–H and O–H groups in total. The van der Waals surface area contributed by atoms with Gasteiger partial charge in [-0.3, -0.25) is 10.2 Å². The third kappa shape index (κ3) is 2.44. The Kier molecular flexibility index (Phi) is 3.74. The van der Waals surface area contributed by atoms with Crippen molar-refractivity contribution in [3.8, 4) is 0 Å². The Morgan fingerprint density at radius 3 is 2.85 bits per heavy atom. The molecule has 1 fully saturated rings. The Morgan fingerprint density at radius 2 is 2.15 bits per heavy atom. The summed E-state index contributed by atoms with van der Waals surface area (Å²) in [5.41, 5.74) is 0.789. The van der Waals surface area contributed by atoms with Crippen LogP contribution in [0.2, 0.25) is 5.02 Å². The third-order valence-corrected chi connectivity index (χ3v) is 5.06. The van der Waals surface area contributed by atoms with Gasteiger partial charge < -0.3 is 0 Å². The summed E-state index contributed by atoms with van der Waals surface area (Å²) in [5.74, 6) is -0.622. The number of halogens is 1. The molecule has 6 heteroatoms. The Labute approximate surface area is 129 Å². The van der Waals surface area contributed by atoms with Gasteiger partial charge in [0.25, 0.3) is 0 Å². The summed E-state index contributed by atoms with van der Waals surface area (Å²) in [6.07, 6.45) is 3.40. The van der Waals surface area contributed by atoms with Crippen molar-refractivity contribution in [3.05, 3.63) is 56.3 Å². The number of carbonyl (C=O) groups excluding carboxylic acids is 1. The fourth-order valence-corrected chi connectivity index (χ4v) is 3.91. The molecule has 3 nitrogen and oxygen atoms in total. The van der Waals surface area contributed by atoms with Crippen molar-refractivity contribution < 1.29 is 4.79 Å². The minimum absolute atomic E-state index is 0.0742. The highest BCUT2D eigenvalue weighted by Gasteiger charge is 2.38. The summed E-state index contributed by atoms with van der Waals surface area (Å²) in [5, 5.41) is 11.4. The number of thiazole rings is 1. The number of allylic oxidation sites excluding steroid dienone is 1. The smallest absolute Gasteiger partial charge is 0.186 e. The van der Waals surface area contributed by atoms with Gasteiger partial charge >= 0.3 is 0 Å². The minimum atomic E-state index is -0.547. The standard InChI is InChI=1S/C14H9ClN2OS2/c15-9-4-2-1-3-8(9)7-10-12(18)11(13(16)20-10)14-17-5-6-19-14/h1-7,11,16H/b10-7-,16-13?/t11-/m0/s1. The third-order valence-electron chi connectivity index (χ3n) is 2.88. The molecule has 1 aliphatic heterocycles. The van der Waals surface area contributed by atoms with Crippen molar-refractivity contribution in [1.82, 2.24) is 4.98 Å². The second kappa shape index (κ2) is 5.52. The summed E-state index contributed by atoms with van der Waals surface area (Å²) in [4.78, 5) is 17.1. The van der Waals surface area contributed by atoms with E-state index in [4.69, 9.17) is 17.0 Å². The molecule has 2 aromatic rings. The van der Waals surface area contributed by atoms with Crippen LogP contribution >= 0.6 is 34.7 Å². The largest absolute Gasteiger partial charge is 0.297 e. The SMILES string of the molecule is N=C1S/C(=C\c2ccccc2Cl)C(=O)[C@@H]1c1nccs1. The molecular weight excluding hydrogens is 312 g/mol. The summed E-state index contributed by atoms with van der Waals surface area (Å²) in [6.45, 7) is 0. The number of aromatic nitrogens is 1. The van der Waals surface area contributed by atoms with Crippen molar-refractivity contribution in [1.29, 1.82) is 5.41 Å². The number of nitrogens with one attached hydrogen (secondary N) is 1. The zero-order valence-corrected chi connectivity index (χ0v) is 12.6. The first-order valence-corrected chi connectivity index (χ1v) is 7.90. The van der Waals surface area contributed by atoms with Crippen LogP contribution in [0.3, 0.4) is 0 Å². The molecule has 2 heterocycles. The number of nitrogens with zero attached hydrogens (tertiary/aromatic N) is 1. The Bertz CT molecular complexity index is 710. The molecule has 3 rings (SSSR count). The molecule has 0 radical (unpaired) electrons. The monoisotopic (exact) mass is 320 g/mol. The topological polar surface area (TPSA) is 53.8 Å². The van der Waals surface area contributed by atoms with Gasteiger partial charge in [0.05, 0.1) is 9.95 Å². The van der Waals surface area contributed by atoms with E-state index in [9.17, 15) is 4.79 Å². The van der Waals surface area contributed by atoms with Gasteiger partial charge in [0.2, 0.25) is 0 Å². The number of ketones is 1. The van der Waals surface area contributed by atoms with Crippen LogP contribution in [-0.4, -0.2) is 15.8 Å². The average molecular weight is 321 g/mol. The molecule has 1 aliphatic rings. The highest BCUT2D eigenvalue weighted by molar-refractivity contribution is 8.19. The van der Waals surface area contributed by atoms with Crippen LogP contribution in [0.5, 0.6) is 0 Å². The van der Waals surface area contributed by atoms with Crippen LogP contribution in [0.25, 0.3) is 6.08 Å². The molecule has 20 heavy (non-hydrogen) atoms. The second-order valence-corrected chi connectivity index (χ2v) is 6.58. The van der Waals surface area contributed by atoms with Gasteiger partial charge in [-0.25, -0.2) is 4.98 Å². The second-order valence-electron chi connectivity index (χ2n) is 4.16. The zero-order valence-electron chi connectivity index (χ0n) is 10.2. The fourth-order valence-electron chi connectivity index (χ4n) is 1.92. The quantitative estimate of drug-likeness (QED) is 0.843. The van der Waals surface area contributed by atoms with Crippen molar-refractivity contribution >= 4 is 51.6 Å². The minimum Gasteiger partial charge on any atom is -0.297 e. The van der Waals surface area contributed by atoms with E-state index in [2.05, 4.69) is 4.98 Å². The average Bonchev–Trinajstić information content (AvgIpc) is 3.02. The first-order chi connectivity index (χ1) is 9.66. The van der Waals surface area contributed by atoms with E-state index in [1.807, 2.05) is 23.6 Å². The molecule has 1 saturated heterocycles. The summed E-state index contributed by atoms with van der Waals surface area (Å²) in [7, 11) is 0. The lowest BCUT2D eigenvalue weighted by Gasteiger charge is -2.01. The van der Waals surface area contributed by atoms with Gasteiger partial charge in [-0.2, -0.15) is 0 Å². The molecule has 100 valence electrons. The predicted molar refractivity (Wildman–Crippen MR) is 84.6 cm³/mol. The van der Waals surface area contributed by atoms with E-state index in [1.165, 1.54) is 23.1 Å². The van der Waals surface area contributed by atoms with Crippen LogP contribution in [0.1, 0.15) is 16.5 Å². The van der Waals surface area contributed by atoms with Crippen molar-refractivity contribution in [2.24, 2.45) is 0 Å². The molecule has 0 saturated carbocycles.